The van der Waals surface area contributed by atoms with Crippen molar-refractivity contribution in [3.63, 3.8) is 0 Å². The lowest BCUT2D eigenvalue weighted by Crippen LogP contribution is -2.49. The molecule has 162 valence electrons. The molecule has 31 heavy (non-hydrogen) atoms. The van der Waals surface area contributed by atoms with Crippen molar-refractivity contribution in [2.75, 3.05) is 18.9 Å². The first-order valence-corrected chi connectivity index (χ1v) is 11.3. The largest absolute Gasteiger partial charge is 0.481 e. The van der Waals surface area contributed by atoms with Gasteiger partial charge in [0.25, 0.3) is 0 Å². The number of carbonyl (C=O) groups is 3. The Morgan fingerprint density at radius 3 is 2.32 bits per heavy atom. The molecule has 1 aliphatic carbocycles. The number of carbonyl (C=O) groups excluding carboxylic acids is 2. The van der Waals surface area contributed by atoms with Crippen LogP contribution in [0.4, 0.5) is 4.79 Å². The summed E-state index contributed by atoms with van der Waals surface area (Å²) in [6.07, 6.45) is -0.690. The normalized spacial score (nSPS) is 19.6. The smallest absolute Gasteiger partial charge is 0.411 e. The van der Waals surface area contributed by atoms with E-state index in [1.807, 2.05) is 31.2 Å². The minimum atomic E-state index is -0.983. The molecule has 0 spiro atoms. The number of benzene rings is 2. The van der Waals surface area contributed by atoms with Crippen LogP contribution in [0.3, 0.4) is 0 Å². The van der Waals surface area contributed by atoms with Gasteiger partial charge in [0.2, 0.25) is 5.91 Å². The maximum atomic E-state index is 12.9. The number of nitrogens with zero attached hydrogens (tertiary/aromatic N) is 1. The first-order chi connectivity index (χ1) is 15.0. The molecule has 2 N–H and O–H groups in total. The molecule has 1 saturated heterocycles. The van der Waals surface area contributed by atoms with E-state index in [1.54, 1.807) is 0 Å². The van der Waals surface area contributed by atoms with E-state index in [2.05, 4.69) is 29.6 Å². The van der Waals surface area contributed by atoms with Gasteiger partial charge in [0, 0.05) is 18.2 Å². The van der Waals surface area contributed by atoms with E-state index in [0.29, 0.717) is 5.75 Å². The molecule has 7 nitrogen and oxygen atoms in total. The van der Waals surface area contributed by atoms with E-state index in [0.717, 1.165) is 22.3 Å². The molecule has 2 unspecified atom stereocenters. The summed E-state index contributed by atoms with van der Waals surface area (Å²) in [4.78, 5) is 37.6. The van der Waals surface area contributed by atoms with E-state index in [1.165, 1.54) is 16.7 Å². The number of ether oxygens (including phenoxy) is 1. The average Bonchev–Trinajstić information content (AvgIpc) is 3.30. The number of carboxylic acids is 1. The van der Waals surface area contributed by atoms with Gasteiger partial charge in [0.05, 0.1) is 11.8 Å². The lowest BCUT2D eigenvalue weighted by Gasteiger charge is -2.27. The molecule has 1 aliphatic heterocycles. The molecule has 0 bridgehead atoms. The van der Waals surface area contributed by atoms with Crippen molar-refractivity contribution in [2.24, 2.45) is 0 Å². The molecule has 2 aliphatic rings. The van der Waals surface area contributed by atoms with E-state index < -0.39 is 18.1 Å². The number of carboxylic acid groups (broad SMARTS) is 1. The number of nitrogens with one attached hydrogen (secondary N) is 1. The third-order valence-corrected chi connectivity index (χ3v) is 6.93. The second kappa shape index (κ2) is 9.01. The topological polar surface area (TPSA) is 95.9 Å². The average molecular weight is 441 g/mol. The van der Waals surface area contributed by atoms with E-state index >= 15 is 0 Å². The van der Waals surface area contributed by atoms with E-state index in [-0.39, 0.29) is 36.8 Å². The molecule has 1 heterocycles. The number of hydrogen-bond donors (Lipinski definition) is 2. The quantitative estimate of drug-likeness (QED) is 0.716. The van der Waals surface area contributed by atoms with Crippen molar-refractivity contribution in [3.05, 3.63) is 59.7 Å². The van der Waals surface area contributed by atoms with Crippen LogP contribution >= 0.6 is 11.8 Å². The van der Waals surface area contributed by atoms with E-state index in [4.69, 9.17) is 9.84 Å². The Kier molecular flexibility index (Phi) is 6.18. The van der Waals surface area contributed by atoms with Crippen molar-refractivity contribution in [2.45, 2.75) is 30.7 Å². The Balaban J connectivity index is 1.44. The van der Waals surface area contributed by atoms with Crippen LogP contribution in [0.1, 0.15) is 30.4 Å². The van der Waals surface area contributed by atoms with Crippen LogP contribution in [0.2, 0.25) is 0 Å². The molecule has 0 saturated carbocycles. The zero-order chi connectivity index (χ0) is 22.0. The molecule has 0 radical (unpaired) electrons. The van der Waals surface area contributed by atoms with Gasteiger partial charge in [-0.05, 0) is 29.2 Å². The highest BCUT2D eigenvalue weighted by molar-refractivity contribution is 8.00. The molecule has 2 amide bonds. The molecular weight excluding hydrogens is 416 g/mol. The van der Waals surface area contributed by atoms with Gasteiger partial charge in [-0.2, -0.15) is 0 Å². The van der Waals surface area contributed by atoms with Crippen LogP contribution in [-0.2, 0) is 14.3 Å². The second-order valence-corrected chi connectivity index (χ2v) is 8.94. The predicted octanol–water partition coefficient (Wildman–Crippen LogP) is 3.29. The Hall–Kier alpha value is -3.00. The van der Waals surface area contributed by atoms with Crippen molar-refractivity contribution in [1.29, 1.82) is 0 Å². The summed E-state index contributed by atoms with van der Waals surface area (Å²) in [5.41, 5.74) is 4.56. The van der Waals surface area contributed by atoms with Crippen LogP contribution in [0, 0.1) is 0 Å². The minimum Gasteiger partial charge on any atom is -0.481 e. The number of hydrogen-bond acceptors (Lipinski definition) is 5. The summed E-state index contributed by atoms with van der Waals surface area (Å²) < 4.78 is 5.72. The standard InChI is InChI=1S/C23H24N2O5S/c1-14-25(20(13-31-14)22(28)24-11-10-21(26)27)23(29)30-12-19-17-8-4-2-6-15(17)16-7-3-5-9-18(16)19/h2-9,14,19-20H,10-13H2,1H3,(H,24,28)(H,26,27). The van der Waals surface area contributed by atoms with Gasteiger partial charge >= 0.3 is 12.1 Å². The summed E-state index contributed by atoms with van der Waals surface area (Å²) in [7, 11) is 0. The van der Waals surface area contributed by atoms with Gasteiger partial charge in [-0.25, -0.2) is 4.79 Å². The fourth-order valence-corrected chi connectivity index (χ4v) is 5.37. The monoisotopic (exact) mass is 440 g/mol. The van der Waals surface area contributed by atoms with Crippen LogP contribution in [0.5, 0.6) is 0 Å². The number of thioether (sulfide) groups is 1. The molecule has 1 fully saturated rings. The van der Waals surface area contributed by atoms with Gasteiger partial charge in [0.1, 0.15) is 12.6 Å². The SMILES string of the molecule is CC1SCC(C(=O)NCCC(=O)O)N1C(=O)OCC1c2ccccc2-c2ccccc21. The van der Waals surface area contributed by atoms with E-state index in [9.17, 15) is 14.4 Å². The summed E-state index contributed by atoms with van der Waals surface area (Å²) >= 11 is 1.49. The third-order valence-electron chi connectivity index (χ3n) is 5.71. The van der Waals surface area contributed by atoms with Gasteiger partial charge in [-0.1, -0.05) is 48.5 Å². The van der Waals surface area contributed by atoms with Crippen LogP contribution in [-0.4, -0.2) is 58.3 Å². The highest BCUT2D eigenvalue weighted by Crippen LogP contribution is 2.44. The summed E-state index contributed by atoms with van der Waals surface area (Å²) in [5.74, 6) is -0.941. The van der Waals surface area contributed by atoms with Crippen LogP contribution < -0.4 is 5.32 Å². The van der Waals surface area contributed by atoms with Gasteiger partial charge < -0.3 is 15.2 Å². The molecule has 2 atom stereocenters. The lowest BCUT2D eigenvalue weighted by atomic mass is 9.98. The second-order valence-electron chi connectivity index (χ2n) is 7.59. The van der Waals surface area contributed by atoms with Crippen LogP contribution in [0.15, 0.2) is 48.5 Å². The van der Waals surface area contributed by atoms with Crippen molar-refractivity contribution in [1.82, 2.24) is 10.2 Å². The maximum absolute atomic E-state index is 12.9. The fraction of sp³-hybridized carbons (Fsp3) is 0.348. The first kappa shape index (κ1) is 21.2. The zero-order valence-electron chi connectivity index (χ0n) is 17.1. The highest BCUT2D eigenvalue weighted by atomic mass is 32.2. The molecule has 2 aromatic carbocycles. The summed E-state index contributed by atoms with van der Waals surface area (Å²) in [6.45, 7) is 2.08. The minimum absolute atomic E-state index is 0.0300. The Morgan fingerprint density at radius 1 is 1.10 bits per heavy atom. The molecule has 2 aromatic rings. The third kappa shape index (κ3) is 4.25. The molecule has 8 heteroatoms. The van der Waals surface area contributed by atoms with Gasteiger partial charge in [-0.15, -0.1) is 11.8 Å². The maximum Gasteiger partial charge on any atom is 0.411 e. The van der Waals surface area contributed by atoms with Crippen molar-refractivity contribution >= 4 is 29.7 Å². The Bertz CT molecular complexity index is 965. The summed E-state index contributed by atoms with van der Waals surface area (Å²) in [5, 5.41) is 11.1. The highest BCUT2D eigenvalue weighted by Gasteiger charge is 2.41. The van der Waals surface area contributed by atoms with Crippen molar-refractivity contribution in [3.8, 4) is 11.1 Å². The number of amides is 2. The number of fused-ring (bicyclic) bond motifs is 3. The number of aliphatic carboxylic acids is 1. The van der Waals surface area contributed by atoms with Gasteiger partial charge in [-0.3, -0.25) is 14.5 Å². The van der Waals surface area contributed by atoms with Gasteiger partial charge in [0.15, 0.2) is 0 Å². The molecule has 0 aromatic heterocycles. The Labute approximate surface area is 184 Å². The summed E-state index contributed by atoms with van der Waals surface area (Å²) in [6, 6.07) is 15.6. The lowest BCUT2D eigenvalue weighted by molar-refractivity contribution is -0.137. The Morgan fingerprint density at radius 2 is 1.71 bits per heavy atom. The number of rotatable bonds is 6. The fourth-order valence-electron chi connectivity index (χ4n) is 4.20. The van der Waals surface area contributed by atoms with Crippen molar-refractivity contribution < 1.29 is 24.2 Å². The van der Waals surface area contributed by atoms with Crippen LogP contribution in [0.25, 0.3) is 11.1 Å². The first-order valence-electron chi connectivity index (χ1n) is 10.2. The zero-order valence-corrected chi connectivity index (χ0v) is 17.9. The predicted molar refractivity (Wildman–Crippen MR) is 118 cm³/mol. The molecular formula is C23H24N2O5S. The molecule has 4 rings (SSSR count).